The van der Waals surface area contributed by atoms with Gasteiger partial charge >= 0.3 is 11.9 Å². The number of thioether (sulfide) groups is 1. The van der Waals surface area contributed by atoms with Crippen LogP contribution in [0, 0.1) is 0 Å². The molecule has 186 valence electrons. The number of amides is 1. The Bertz CT molecular complexity index is 1390. The van der Waals surface area contributed by atoms with Crippen LogP contribution < -0.4 is 0 Å². The van der Waals surface area contributed by atoms with Crippen LogP contribution in [0.3, 0.4) is 0 Å². The Hall–Kier alpha value is -3.85. The molecule has 2 aromatic carbocycles. The second-order valence-corrected chi connectivity index (χ2v) is 9.42. The summed E-state index contributed by atoms with van der Waals surface area (Å²) in [6.07, 6.45) is 3.44. The van der Waals surface area contributed by atoms with E-state index in [1.807, 2.05) is 41.1 Å². The SMILES string of the molecule is CCOC(=O)Cn1cc(/C=C2\SC(=Nc3cccc(C(=O)OC(C)C)c3)N(C)C2=O)c2ccccc21. The molecule has 1 aromatic heterocycles. The molecule has 8 nitrogen and oxygen atoms in total. The highest BCUT2D eigenvalue weighted by atomic mass is 32.2. The van der Waals surface area contributed by atoms with Crippen molar-refractivity contribution in [1.82, 2.24) is 9.47 Å². The van der Waals surface area contributed by atoms with Gasteiger partial charge in [-0.2, -0.15) is 0 Å². The van der Waals surface area contributed by atoms with Crippen molar-refractivity contribution in [2.45, 2.75) is 33.4 Å². The fourth-order valence-electron chi connectivity index (χ4n) is 3.75. The second kappa shape index (κ2) is 10.8. The Morgan fingerprint density at radius 3 is 2.67 bits per heavy atom. The monoisotopic (exact) mass is 505 g/mol. The number of rotatable bonds is 7. The van der Waals surface area contributed by atoms with Crippen LogP contribution >= 0.6 is 11.8 Å². The summed E-state index contributed by atoms with van der Waals surface area (Å²) in [4.78, 5) is 43.9. The third-order valence-corrected chi connectivity index (χ3v) is 6.42. The number of para-hydroxylation sites is 1. The van der Waals surface area contributed by atoms with E-state index in [9.17, 15) is 14.4 Å². The van der Waals surface area contributed by atoms with Gasteiger partial charge in [-0.1, -0.05) is 24.3 Å². The van der Waals surface area contributed by atoms with Crippen molar-refractivity contribution in [3.63, 3.8) is 0 Å². The number of hydrogen-bond acceptors (Lipinski definition) is 7. The largest absolute Gasteiger partial charge is 0.465 e. The average Bonchev–Trinajstić information content (AvgIpc) is 3.31. The first-order valence-corrected chi connectivity index (χ1v) is 12.4. The van der Waals surface area contributed by atoms with Gasteiger partial charge < -0.3 is 14.0 Å². The van der Waals surface area contributed by atoms with E-state index in [1.165, 1.54) is 16.7 Å². The highest BCUT2D eigenvalue weighted by Crippen LogP contribution is 2.35. The summed E-state index contributed by atoms with van der Waals surface area (Å²) in [5, 5.41) is 1.42. The molecular formula is C27H27N3O5S. The number of carbonyl (C=O) groups is 3. The highest BCUT2D eigenvalue weighted by molar-refractivity contribution is 8.18. The zero-order valence-electron chi connectivity index (χ0n) is 20.6. The number of ether oxygens (including phenoxy) is 2. The molecule has 0 bridgehead atoms. The van der Waals surface area contributed by atoms with E-state index in [0.717, 1.165) is 16.5 Å². The van der Waals surface area contributed by atoms with E-state index in [2.05, 4.69) is 4.99 Å². The molecule has 0 N–H and O–H groups in total. The minimum absolute atomic E-state index is 0.0841. The Labute approximate surface area is 213 Å². The average molecular weight is 506 g/mol. The Balaban J connectivity index is 1.63. The lowest BCUT2D eigenvalue weighted by molar-refractivity contribution is -0.143. The molecule has 1 saturated heterocycles. The molecule has 1 amide bonds. The zero-order valence-corrected chi connectivity index (χ0v) is 21.4. The molecule has 2 heterocycles. The van der Waals surface area contributed by atoms with Crippen molar-refractivity contribution in [2.75, 3.05) is 13.7 Å². The van der Waals surface area contributed by atoms with Crippen LogP contribution in [0.2, 0.25) is 0 Å². The molecule has 3 aromatic rings. The van der Waals surface area contributed by atoms with Gasteiger partial charge in [0.1, 0.15) is 6.54 Å². The third-order valence-electron chi connectivity index (χ3n) is 5.36. The number of benzene rings is 2. The highest BCUT2D eigenvalue weighted by Gasteiger charge is 2.31. The molecule has 0 aliphatic carbocycles. The van der Waals surface area contributed by atoms with E-state index in [-0.39, 0.29) is 24.5 Å². The van der Waals surface area contributed by atoms with Gasteiger partial charge in [-0.05, 0) is 62.9 Å². The van der Waals surface area contributed by atoms with Crippen molar-refractivity contribution in [3.05, 3.63) is 70.8 Å². The standard InChI is InChI=1S/C27H27N3O5S/c1-5-34-24(31)16-30-15-19(21-11-6-7-12-22(21)30)14-23-25(32)29(4)27(36-23)28-20-10-8-9-18(13-20)26(33)35-17(2)3/h6-15,17H,5,16H2,1-4H3/b23-14-,28-27?. The number of carbonyl (C=O) groups excluding carboxylic acids is 3. The summed E-state index contributed by atoms with van der Waals surface area (Å²) in [6, 6.07) is 14.5. The predicted molar refractivity (Wildman–Crippen MR) is 141 cm³/mol. The molecule has 0 saturated carbocycles. The first kappa shape index (κ1) is 25.2. The van der Waals surface area contributed by atoms with Gasteiger partial charge in [-0.3, -0.25) is 14.5 Å². The van der Waals surface area contributed by atoms with Crippen molar-refractivity contribution in [2.24, 2.45) is 4.99 Å². The minimum atomic E-state index is -0.421. The van der Waals surface area contributed by atoms with Crippen LogP contribution in [0.4, 0.5) is 5.69 Å². The lowest BCUT2D eigenvalue weighted by Gasteiger charge is -2.09. The van der Waals surface area contributed by atoms with Crippen molar-refractivity contribution >= 4 is 57.4 Å². The zero-order chi connectivity index (χ0) is 25.8. The number of amidine groups is 1. The molecule has 9 heteroatoms. The number of likely N-dealkylation sites (N-methyl/N-ethyl adjacent to an activating group) is 1. The van der Waals surface area contributed by atoms with E-state index in [1.54, 1.807) is 52.1 Å². The molecule has 1 fully saturated rings. The Morgan fingerprint density at radius 2 is 1.92 bits per heavy atom. The van der Waals surface area contributed by atoms with Gasteiger partial charge in [0.05, 0.1) is 28.9 Å². The lowest BCUT2D eigenvalue weighted by atomic mass is 10.1. The fourth-order valence-corrected chi connectivity index (χ4v) is 4.73. The number of nitrogens with zero attached hydrogens (tertiary/aromatic N) is 3. The summed E-state index contributed by atoms with van der Waals surface area (Å²) in [7, 11) is 1.66. The van der Waals surface area contributed by atoms with Crippen LogP contribution in [0.1, 0.15) is 36.7 Å². The summed E-state index contributed by atoms with van der Waals surface area (Å²) in [5.41, 5.74) is 2.63. The third kappa shape index (κ3) is 5.52. The van der Waals surface area contributed by atoms with Gasteiger partial charge in [-0.15, -0.1) is 0 Å². The molecule has 0 spiro atoms. The molecule has 1 aliphatic rings. The topological polar surface area (TPSA) is 90.2 Å². The Kier molecular flexibility index (Phi) is 7.59. The van der Waals surface area contributed by atoms with E-state index in [0.29, 0.717) is 27.9 Å². The van der Waals surface area contributed by atoms with Crippen molar-refractivity contribution in [1.29, 1.82) is 0 Å². The van der Waals surface area contributed by atoms with Gasteiger partial charge in [0, 0.05) is 29.7 Å². The first-order chi connectivity index (χ1) is 17.3. The molecule has 0 radical (unpaired) electrons. The maximum Gasteiger partial charge on any atom is 0.338 e. The minimum Gasteiger partial charge on any atom is -0.465 e. The van der Waals surface area contributed by atoms with Crippen molar-refractivity contribution in [3.8, 4) is 0 Å². The maximum atomic E-state index is 13.0. The van der Waals surface area contributed by atoms with Crippen LogP contribution in [0.15, 0.2) is 64.6 Å². The number of esters is 2. The van der Waals surface area contributed by atoms with Gasteiger partial charge in [0.25, 0.3) is 5.91 Å². The smallest absolute Gasteiger partial charge is 0.338 e. The van der Waals surface area contributed by atoms with Gasteiger partial charge in [0.2, 0.25) is 0 Å². The van der Waals surface area contributed by atoms with Crippen LogP contribution in [-0.2, 0) is 25.6 Å². The summed E-state index contributed by atoms with van der Waals surface area (Å²) in [6.45, 7) is 5.75. The molecular weight excluding hydrogens is 478 g/mol. The number of fused-ring (bicyclic) bond motifs is 1. The number of hydrogen-bond donors (Lipinski definition) is 0. The van der Waals surface area contributed by atoms with Crippen LogP contribution in [0.5, 0.6) is 0 Å². The fraction of sp³-hybridized carbons (Fsp3) is 0.259. The molecule has 0 atom stereocenters. The summed E-state index contributed by atoms with van der Waals surface area (Å²) < 4.78 is 12.2. The number of aromatic nitrogens is 1. The second-order valence-electron chi connectivity index (χ2n) is 8.41. The van der Waals surface area contributed by atoms with E-state index in [4.69, 9.17) is 9.47 Å². The van der Waals surface area contributed by atoms with E-state index < -0.39 is 5.97 Å². The molecule has 1 aliphatic heterocycles. The van der Waals surface area contributed by atoms with Crippen LogP contribution in [0.25, 0.3) is 17.0 Å². The quantitative estimate of drug-likeness (QED) is 0.331. The molecule has 0 unspecified atom stereocenters. The first-order valence-electron chi connectivity index (χ1n) is 11.6. The number of aliphatic imine (C=N–C) groups is 1. The normalized spacial score (nSPS) is 15.9. The maximum absolute atomic E-state index is 13.0. The van der Waals surface area contributed by atoms with Gasteiger partial charge in [0.15, 0.2) is 5.17 Å². The van der Waals surface area contributed by atoms with E-state index >= 15 is 0 Å². The predicted octanol–water partition coefficient (Wildman–Crippen LogP) is 5.00. The molecule has 4 rings (SSSR count). The summed E-state index contributed by atoms with van der Waals surface area (Å²) >= 11 is 1.25. The molecule has 36 heavy (non-hydrogen) atoms. The van der Waals surface area contributed by atoms with Crippen LogP contribution in [-0.4, -0.2) is 52.2 Å². The van der Waals surface area contributed by atoms with Crippen molar-refractivity contribution < 1.29 is 23.9 Å². The van der Waals surface area contributed by atoms with Gasteiger partial charge in [-0.25, -0.2) is 9.79 Å². The lowest BCUT2D eigenvalue weighted by Crippen LogP contribution is -2.23. The summed E-state index contributed by atoms with van der Waals surface area (Å²) in [5.74, 6) is -0.927. The Morgan fingerprint density at radius 1 is 1.14 bits per heavy atom.